The van der Waals surface area contributed by atoms with E-state index in [1.165, 1.54) is 0 Å². The van der Waals surface area contributed by atoms with E-state index < -0.39 is 16.8 Å². The molecule has 0 aliphatic rings. The molecule has 2 atom stereocenters. The zero-order chi connectivity index (χ0) is 13.7. The molecule has 1 aromatic heterocycles. The maximum Gasteiger partial charge on any atom is 0.339 e. The van der Waals surface area contributed by atoms with Crippen LogP contribution in [0.1, 0.15) is 29.3 Å². The van der Waals surface area contributed by atoms with Gasteiger partial charge < -0.3 is 10.4 Å². The topological polar surface area (TPSA) is 79.3 Å². The Hall–Kier alpha value is -1.43. The summed E-state index contributed by atoms with van der Waals surface area (Å²) in [6.07, 6.45) is 3.94. The number of nitrogens with zero attached hydrogens (tertiary/aromatic N) is 1. The molecule has 0 radical (unpaired) electrons. The number of pyridine rings is 1. The van der Waals surface area contributed by atoms with Gasteiger partial charge >= 0.3 is 5.97 Å². The molecule has 0 amide bonds. The highest BCUT2D eigenvalue weighted by Crippen LogP contribution is 2.17. The molecule has 2 N–H and O–H groups in total. The molecule has 0 spiro atoms. The third-order valence-electron chi connectivity index (χ3n) is 2.59. The van der Waals surface area contributed by atoms with Crippen molar-refractivity contribution in [3.05, 3.63) is 23.4 Å². The average Bonchev–Trinajstić information content (AvgIpc) is 2.26. The highest BCUT2D eigenvalue weighted by atomic mass is 32.2. The first-order chi connectivity index (χ1) is 8.41. The first-order valence-electron chi connectivity index (χ1n) is 5.67. The van der Waals surface area contributed by atoms with E-state index in [2.05, 4.69) is 10.3 Å². The van der Waals surface area contributed by atoms with Crippen molar-refractivity contribution in [2.24, 2.45) is 0 Å². The quantitative estimate of drug-likeness (QED) is 0.821. The second-order valence-electron chi connectivity index (χ2n) is 4.27. The summed E-state index contributed by atoms with van der Waals surface area (Å²) in [7, 11) is -0.839. The minimum Gasteiger partial charge on any atom is -0.478 e. The Kier molecular flexibility index (Phi) is 5.27. The molecule has 0 aromatic carbocycles. The molecule has 6 heteroatoms. The van der Waals surface area contributed by atoms with Crippen molar-refractivity contribution < 1.29 is 14.1 Å². The van der Waals surface area contributed by atoms with Crippen molar-refractivity contribution in [2.75, 3.05) is 17.3 Å². The van der Waals surface area contributed by atoms with Crippen molar-refractivity contribution in [3.8, 4) is 0 Å². The summed E-state index contributed by atoms with van der Waals surface area (Å²) in [5.41, 5.74) is 0.869. The Labute approximate surface area is 109 Å². The van der Waals surface area contributed by atoms with Crippen LogP contribution in [0, 0.1) is 6.92 Å². The Morgan fingerprint density at radius 2 is 2.28 bits per heavy atom. The molecule has 0 fully saturated rings. The van der Waals surface area contributed by atoms with Gasteiger partial charge in [-0.3, -0.25) is 4.21 Å². The van der Waals surface area contributed by atoms with Gasteiger partial charge in [-0.2, -0.15) is 0 Å². The maximum absolute atomic E-state index is 11.2. The van der Waals surface area contributed by atoms with Gasteiger partial charge in [0.25, 0.3) is 0 Å². The largest absolute Gasteiger partial charge is 0.478 e. The fourth-order valence-corrected chi connectivity index (χ4v) is 2.27. The van der Waals surface area contributed by atoms with Gasteiger partial charge in [-0.05, 0) is 31.9 Å². The lowest BCUT2D eigenvalue weighted by molar-refractivity contribution is 0.0696. The number of carboxylic acids is 1. The Morgan fingerprint density at radius 1 is 1.61 bits per heavy atom. The maximum atomic E-state index is 11.2. The molecule has 18 heavy (non-hydrogen) atoms. The minimum absolute atomic E-state index is 0.0290. The molecule has 1 heterocycles. The fraction of sp³-hybridized carbons (Fsp3) is 0.500. The fourth-order valence-electron chi connectivity index (χ4n) is 1.59. The molecule has 0 aliphatic heterocycles. The smallest absolute Gasteiger partial charge is 0.339 e. The first kappa shape index (κ1) is 14.6. The summed E-state index contributed by atoms with van der Waals surface area (Å²) in [6, 6.07) is 1.70. The number of nitrogens with one attached hydrogen (secondary N) is 1. The second kappa shape index (κ2) is 6.49. The van der Waals surface area contributed by atoms with Gasteiger partial charge in [0.2, 0.25) is 0 Å². The van der Waals surface area contributed by atoms with Gasteiger partial charge in [-0.15, -0.1) is 0 Å². The molecule has 0 saturated heterocycles. The molecule has 100 valence electrons. The zero-order valence-corrected chi connectivity index (χ0v) is 11.6. The van der Waals surface area contributed by atoms with Crippen molar-refractivity contribution in [2.45, 2.75) is 26.3 Å². The number of hydrogen-bond donors (Lipinski definition) is 2. The average molecular weight is 270 g/mol. The normalized spacial score (nSPS) is 13.9. The Bertz CT molecular complexity index is 463. The summed E-state index contributed by atoms with van der Waals surface area (Å²) in [6.45, 7) is 3.66. The lowest BCUT2D eigenvalue weighted by Gasteiger charge is -2.16. The van der Waals surface area contributed by atoms with Crippen LogP contribution in [-0.4, -0.2) is 38.3 Å². The molecular weight excluding hydrogens is 252 g/mol. The first-order valence-corrected chi connectivity index (χ1v) is 7.40. The standard InChI is InChI=1S/C12H18N2O3S/c1-8-4-6-13-11(10(8)12(15)16)14-9(2)5-7-18(3)17/h4,6,9H,5,7H2,1-3H3,(H,13,14)(H,15,16). The second-order valence-corrected chi connectivity index (χ2v) is 5.82. The number of rotatable bonds is 6. The lowest BCUT2D eigenvalue weighted by atomic mass is 10.1. The summed E-state index contributed by atoms with van der Waals surface area (Å²) >= 11 is 0. The molecular formula is C12H18N2O3S. The minimum atomic E-state index is -0.991. The van der Waals surface area contributed by atoms with Crippen molar-refractivity contribution in [1.82, 2.24) is 4.98 Å². The number of carbonyl (C=O) groups is 1. The number of anilines is 1. The highest BCUT2D eigenvalue weighted by molar-refractivity contribution is 7.84. The van der Waals surface area contributed by atoms with E-state index in [0.29, 0.717) is 23.6 Å². The van der Waals surface area contributed by atoms with Crippen LogP contribution >= 0.6 is 0 Å². The van der Waals surface area contributed by atoms with Crippen LogP contribution < -0.4 is 5.32 Å². The molecule has 1 aromatic rings. The Balaban J connectivity index is 2.81. The monoisotopic (exact) mass is 270 g/mol. The third kappa shape index (κ3) is 4.10. The predicted molar refractivity (Wildman–Crippen MR) is 72.6 cm³/mol. The number of aryl methyl sites for hydroxylation is 1. The third-order valence-corrected chi connectivity index (χ3v) is 3.41. The van der Waals surface area contributed by atoms with Gasteiger partial charge in [0.05, 0.1) is 0 Å². The van der Waals surface area contributed by atoms with Crippen LogP contribution in [0.4, 0.5) is 5.82 Å². The summed E-state index contributed by atoms with van der Waals surface area (Å²) < 4.78 is 11.0. The lowest BCUT2D eigenvalue weighted by Crippen LogP contribution is -2.21. The van der Waals surface area contributed by atoms with E-state index in [9.17, 15) is 9.00 Å². The molecule has 0 bridgehead atoms. The van der Waals surface area contributed by atoms with E-state index in [0.717, 1.165) is 0 Å². The summed E-state index contributed by atoms with van der Waals surface area (Å²) in [4.78, 5) is 15.2. The van der Waals surface area contributed by atoms with Gasteiger partial charge in [-0.25, -0.2) is 9.78 Å². The zero-order valence-electron chi connectivity index (χ0n) is 10.8. The van der Waals surface area contributed by atoms with Crippen LogP contribution in [-0.2, 0) is 10.8 Å². The van der Waals surface area contributed by atoms with E-state index in [1.807, 2.05) is 6.92 Å². The Morgan fingerprint density at radius 3 is 2.83 bits per heavy atom. The van der Waals surface area contributed by atoms with E-state index in [1.54, 1.807) is 25.4 Å². The van der Waals surface area contributed by atoms with Crippen LogP contribution in [0.2, 0.25) is 0 Å². The molecule has 1 rings (SSSR count). The highest BCUT2D eigenvalue weighted by Gasteiger charge is 2.15. The van der Waals surface area contributed by atoms with Crippen molar-refractivity contribution in [1.29, 1.82) is 0 Å². The van der Waals surface area contributed by atoms with E-state index >= 15 is 0 Å². The van der Waals surface area contributed by atoms with Gasteiger partial charge in [0.15, 0.2) is 0 Å². The summed E-state index contributed by atoms with van der Waals surface area (Å²) in [5, 5.41) is 12.2. The molecule has 2 unspecified atom stereocenters. The van der Waals surface area contributed by atoms with Crippen LogP contribution in [0.3, 0.4) is 0 Å². The number of aromatic nitrogens is 1. The van der Waals surface area contributed by atoms with Gasteiger partial charge in [0, 0.05) is 35.0 Å². The predicted octanol–water partition coefficient (Wildman–Crippen LogP) is 1.66. The van der Waals surface area contributed by atoms with Crippen molar-refractivity contribution in [3.63, 3.8) is 0 Å². The molecule has 5 nitrogen and oxygen atoms in total. The van der Waals surface area contributed by atoms with E-state index in [-0.39, 0.29) is 11.6 Å². The molecule has 0 aliphatic carbocycles. The van der Waals surface area contributed by atoms with Gasteiger partial charge in [-0.1, -0.05) is 0 Å². The van der Waals surface area contributed by atoms with Gasteiger partial charge in [0.1, 0.15) is 11.4 Å². The van der Waals surface area contributed by atoms with Crippen LogP contribution in [0.15, 0.2) is 12.3 Å². The van der Waals surface area contributed by atoms with E-state index in [4.69, 9.17) is 5.11 Å². The van der Waals surface area contributed by atoms with Crippen molar-refractivity contribution >= 4 is 22.6 Å². The molecule has 0 saturated carbocycles. The SMILES string of the molecule is Cc1ccnc(NC(C)CCS(C)=O)c1C(=O)O. The number of carboxylic acid groups (broad SMARTS) is 1. The summed E-state index contributed by atoms with van der Waals surface area (Å²) in [5.74, 6) is -0.0335. The number of aromatic carboxylic acids is 1. The number of hydrogen-bond acceptors (Lipinski definition) is 4. The van der Waals surface area contributed by atoms with Crippen LogP contribution in [0.25, 0.3) is 0 Å². The van der Waals surface area contributed by atoms with Crippen LogP contribution in [0.5, 0.6) is 0 Å².